The number of tetrazole rings is 1. The van der Waals surface area contributed by atoms with E-state index in [1.165, 1.54) is 0 Å². The fourth-order valence-electron chi connectivity index (χ4n) is 3.20. The highest BCUT2D eigenvalue weighted by atomic mass is 16.5. The molecule has 0 aliphatic carbocycles. The van der Waals surface area contributed by atoms with E-state index in [0.29, 0.717) is 44.3 Å². The Labute approximate surface area is 129 Å². The number of ether oxygens (including phenoxy) is 2. The summed E-state index contributed by atoms with van der Waals surface area (Å²) in [6.07, 6.45) is 4.13. The average molecular weight is 309 g/mol. The maximum Gasteiger partial charge on any atom is 0.223 e. The topological polar surface area (TPSA) is 93.2 Å². The van der Waals surface area contributed by atoms with Crippen molar-refractivity contribution in [3.8, 4) is 0 Å². The standard InChI is InChI=1S/C14H23N5O3/c20-14(2-1-13-15-17-18-16-13)19-5-8-22-10-12(19)9-11-3-6-21-7-4-11/h11-12H,1-10H2,(H,15,16,17,18). The molecule has 1 amide bonds. The number of nitrogens with one attached hydrogen (secondary N) is 1. The number of morpholine rings is 1. The van der Waals surface area contributed by atoms with E-state index in [1.807, 2.05) is 4.90 Å². The van der Waals surface area contributed by atoms with Gasteiger partial charge in [0.05, 0.1) is 19.3 Å². The number of aromatic nitrogens is 4. The van der Waals surface area contributed by atoms with E-state index in [1.54, 1.807) is 0 Å². The molecule has 1 N–H and O–H groups in total. The Bertz CT molecular complexity index is 461. The van der Waals surface area contributed by atoms with Crippen LogP contribution in [-0.2, 0) is 20.7 Å². The molecule has 0 radical (unpaired) electrons. The molecule has 0 saturated carbocycles. The SMILES string of the molecule is O=C(CCc1nn[nH]n1)N1CCOCC1CC1CCOCC1. The Morgan fingerprint density at radius 3 is 2.91 bits per heavy atom. The monoisotopic (exact) mass is 309 g/mol. The van der Waals surface area contributed by atoms with Crippen LogP contribution in [0.25, 0.3) is 0 Å². The van der Waals surface area contributed by atoms with Crippen molar-refractivity contribution in [2.24, 2.45) is 5.92 Å². The van der Waals surface area contributed by atoms with E-state index in [9.17, 15) is 4.79 Å². The van der Waals surface area contributed by atoms with Crippen LogP contribution in [-0.4, -0.2) is 70.4 Å². The predicted molar refractivity (Wildman–Crippen MR) is 77.0 cm³/mol. The lowest BCUT2D eigenvalue weighted by Gasteiger charge is -2.38. The van der Waals surface area contributed by atoms with Crippen molar-refractivity contribution in [3.63, 3.8) is 0 Å². The van der Waals surface area contributed by atoms with E-state index in [4.69, 9.17) is 9.47 Å². The van der Waals surface area contributed by atoms with Crippen LogP contribution in [0.5, 0.6) is 0 Å². The number of rotatable bonds is 5. The summed E-state index contributed by atoms with van der Waals surface area (Å²) in [6, 6.07) is 0.189. The molecule has 0 bridgehead atoms. The first-order chi connectivity index (χ1) is 10.8. The van der Waals surface area contributed by atoms with Crippen molar-refractivity contribution in [2.75, 3.05) is 33.0 Å². The fourth-order valence-corrected chi connectivity index (χ4v) is 3.20. The first-order valence-electron chi connectivity index (χ1n) is 8.00. The Kier molecular flexibility index (Phi) is 5.33. The molecule has 0 spiro atoms. The quantitative estimate of drug-likeness (QED) is 0.834. The van der Waals surface area contributed by atoms with Crippen molar-refractivity contribution in [1.82, 2.24) is 25.5 Å². The lowest BCUT2D eigenvalue weighted by Crippen LogP contribution is -2.49. The summed E-state index contributed by atoms with van der Waals surface area (Å²) >= 11 is 0. The summed E-state index contributed by atoms with van der Waals surface area (Å²) in [5.41, 5.74) is 0. The average Bonchev–Trinajstić information content (AvgIpc) is 3.08. The minimum absolute atomic E-state index is 0.158. The molecule has 0 aromatic carbocycles. The molecule has 8 nitrogen and oxygen atoms in total. The predicted octanol–water partition coefficient (Wildman–Crippen LogP) is 0.176. The summed E-state index contributed by atoms with van der Waals surface area (Å²) in [5, 5.41) is 13.7. The van der Waals surface area contributed by atoms with Crippen molar-refractivity contribution < 1.29 is 14.3 Å². The maximum absolute atomic E-state index is 12.5. The third kappa shape index (κ3) is 4.01. The second kappa shape index (κ2) is 7.64. The minimum atomic E-state index is 0.158. The molecule has 2 aliphatic rings. The third-order valence-corrected chi connectivity index (χ3v) is 4.45. The molecule has 2 saturated heterocycles. The summed E-state index contributed by atoms with van der Waals surface area (Å²) in [6.45, 7) is 3.62. The first kappa shape index (κ1) is 15.4. The highest BCUT2D eigenvalue weighted by Crippen LogP contribution is 2.24. The maximum atomic E-state index is 12.5. The van der Waals surface area contributed by atoms with Gasteiger partial charge in [-0.1, -0.05) is 5.21 Å². The van der Waals surface area contributed by atoms with E-state index in [-0.39, 0.29) is 11.9 Å². The third-order valence-electron chi connectivity index (χ3n) is 4.45. The van der Waals surface area contributed by atoms with Gasteiger partial charge < -0.3 is 14.4 Å². The Morgan fingerprint density at radius 2 is 2.14 bits per heavy atom. The van der Waals surface area contributed by atoms with Gasteiger partial charge in [-0.3, -0.25) is 4.79 Å². The van der Waals surface area contributed by atoms with Crippen LogP contribution in [0.4, 0.5) is 0 Å². The molecule has 1 aromatic rings. The minimum Gasteiger partial charge on any atom is -0.381 e. The highest BCUT2D eigenvalue weighted by Gasteiger charge is 2.30. The smallest absolute Gasteiger partial charge is 0.223 e. The van der Waals surface area contributed by atoms with Gasteiger partial charge in [-0.2, -0.15) is 5.21 Å². The molecule has 1 aromatic heterocycles. The Morgan fingerprint density at radius 1 is 1.27 bits per heavy atom. The van der Waals surface area contributed by atoms with E-state index in [0.717, 1.165) is 32.5 Å². The highest BCUT2D eigenvalue weighted by molar-refractivity contribution is 5.76. The van der Waals surface area contributed by atoms with E-state index < -0.39 is 0 Å². The molecule has 122 valence electrons. The van der Waals surface area contributed by atoms with Crippen LogP contribution < -0.4 is 0 Å². The number of hydrogen-bond acceptors (Lipinski definition) is 6. The molecular weight excluding hydrogens is 286 g/mol. The zero-order valence-corrected chi connectivity index (χ0v) is 12.7. The zero-order valence-electron chi connectivity index (χ0n) is 12.7. The fraction of sp³-hybridized carbons (Fsp3) is 0.857. The van der Waals surface area contributed by atoms with Crippen LogP contribution in [0.2, 0.25) is 0 Å². The number of hydrogen-bond donors (Lipinski definition) is 1. The van der Waals surface area contributed by atoms with Crippen LogP contribution in [0.1, 0.15) is 31.5 Å². The van der Waals surface area contributed by atoms with Crippen molar-refractivity contribution in [1.29, 1.82) is 0 Å². The number of nitrogens with zero attached hydrogens (tertiary/aromatic N) is 4. The Hall–Kier alpha value is -1.54. The lowest BCUT2D eigenvalue weighted by atomic mass is 9.91. The van der Waals surface area contributed by atoms with Crippen LogP contribution in [0, 0.1) is 5.92 Å². The summed E-state index contributed by atoms with van der Waals surface area (Å²) in [5.74, 6) is 1.38. The zero-order chi connectivity index (χ0) is 15.2. The molecular formula is C14H23N5O3. The van der Waals surface area contributed by atoms with Gasteiger partial charge in [0.25, 0.3) is 0 Å². The van der Waals surface area contributed by atoms with Gasteiger partial charge in [-0.25, -0.2) is 0 Å². The van der Waals surface area contributed by atoms with Gasteiger partial charge >= 0.3 is 0 Å². The summed E-state index contributed by atoms with van der Waals surface area (Å²) in [7, 11) is 0. The molecule has 22 heavy (non-hydrogen) atoms. The molecule has 3 heterocycles. The lowest BCUT2D eigenvalue weighted by molar-refractivity contribution is -0.140. The van der Waals surface area contributed by atoms with Gasteiger partial charge in [-0.05, 0) is 25.2 Å². The summed E-state index contributed by atoms with van der Waals surface area (Å²) in [4.78, 5) is 14.5. The number of amides is 1. The van der Waals surface area contributed by atoms with Gasteiger partial charge in [0.1, 0.15) is 0 Å². The van der Waals surface area contributed by atoms with Gasteiger partial charge in [0, 0.05) is 32.6 Å². The molecule has 2 fully saturated rings. The number of H-pyrrole nitrogens is 1. The van der Waals surface area contributed by atoms with Crippen molar-refractivity contribution >= 4 is 5.91 Å². The van der Waals surface area contributed by atoms with Gasteiger partial charge in [-0.15, -0.1) is 10.2 Å². The molecule has 2 aliphatic heterocycles. The number of carbonyl (C=O) groups is 1. The molecule has 3 rings (SSSR count). The first-order valence-corrected chi connectivity index (χ1v) is 8.00. The number of carbonyl (C=O) groups excluding carboxylic acids is 1. The normalized spacial score (nSPS) is 23.6. The second-order valence-electron chi connectivity index (χ2n) is 5.94. The van der Waals surface area contributed by atoms with Crippen LogP contribution >= 0.6 is 0 Å². The molecule has 1 atom stereocenters. The largest absolute Gasteiger partial charge is 0.381 e. The van der Waals surface area contributed by atoms with Gasteiger partial charge in [0.15, 0.2) is 5.82 Å². The Balaban J connectivity index is 1.52. The molecule has 8 heteroatoms. The van der Waals surface area contributed by atoms with E-state index >= 15 is 0 Å². The van der Waals surface area contributed by atoms with Crippen molar-refractivity contribution in [3.05, 3.63) is 5.82 Å². The van der Waals surface area contributed by atoms with Crippen LogP contribution in [0.15, 0.2) is 0 Å². The van der Waals surface area contributed by atoms with Crippen molar-refractivity contribution in [2.45, 2.75) is 38.1 Å². The van der Waals surface area contributed by atoms with Gasteiger partial charge in [0.2, 0.25) is 5.91 Å². The molecule has 1 unspecified atom stereocenters. The number of aromatic amines is 1. The summed E-state index contributed by atoms with van der Waals surface area (Å²) < 4.78 is 11.0. The van der Waals surface area contributed by atoms with E-state index in [2.05, 4.69) is 20.6 Å². The number of aryl methyl sites for hydroxylation is 1. The van der Waals surface area contributed by atoms with Crippen LogP contribution in [0.3, 0.4) is 0 Å². The second-order valence-corrected chi connectivity index (χ2v) is 5.94.